The number of piperazine rings is 1. The summed E-state index contributed by atoms with van der Waals surface area (Å²) < 4.78 is 0. The second kappa shape index (κ2) is 5.47. The minimum Gasteiger partial charge on any atom is -0.329 e. The Labute approximate surface area is 109 Å². The van der Waals surface area contributed by atoms with Crippen LogP contribution in [0.3, 0.4) is 0 Å². The molecule has 0 spiro atoms. The molecule has 3 saturated heterocycles. The van der Waals surface area contributed by atoms with Crippen molar-refractivity contribution >= 4 is 11.8 Å². The first-order valence-electron chi connectivity index (χ1n) is 7.14. The minimum atomic E-state index is 0.660. The molecule has 17 heavy (non-hydrogen) atoms. The molecule has 2 N–H and O–H groups in total. The molecule has 0 aliphatic carbocycles. The lowest BCUT2D eigenvalue weighted by Crippen LogP contribution is -2.57. The first-order valence-corrected chi connectivity index (χ1v) is 8.30. The van der Waals surface area contributed by atoms with Crippen LogP contribution in [0.25, 0.3) is 0 Å². The number of nitrogens with two attached hydrogens (primary N) is 1. The van der Waals surface area contributed by atoms with Crippen molar-refractivity contribution in [1.82, 2.24) is 9.80 Å². The molecule has 3 aliphatic rings. The second-order valence-corrected chi connectivity index (χ2v) is 6.90. The van der Waals surface area contributed by atoms with Gasteiger partial charge in [-0.2, -0.15) is 11.8 Å². The van der Waals surface area contributed by atoms with Crippen molar-refractivity contribution in [3.8, 4) is 0 Å². The third-order valence-corrected chi connectivity index (χ3v) is 6.03. The largest absolute Gasteiger partial charge is 0.329 e. The average molecular weight is 255 g/mol. The zero-order chi connectivity index (χ0) is 11.7. The van der Waals surface area contributed by atoms with E-state index in [9.17, 15) is 0 Å². The number of thioether (sulfide) groups is 1. The fourth-order valence-electron chi connectivity index (χ4n) is 3.81. The lowest BCUT2D eigenvalue weighted by atomic mass is 9.96. The Morgan fingerprint density at radius 3 is 2.94 bits per heavy atom. The van der Waals surface area contributed by atoms with Crippen LogP contribution in [-0.4, -0.2) is 66.1 Å². The smallest absolute Gasteiger partial charge is 0.0255 e. The molecule has 0 aromatic rings. The summed E-state index contributed by atoms with van der Waals surface area (Å²) in [6.07, 6.45) is 4.20. The SMILES string of the molecule is NCC(C1CCSC1)N1CCN2CCCC2C1. The van der Waals surface area contributed by atoms with Gasteiger partial charge in [-0.15, -0.1) is 0 Å². The van der Waals surface area contributed by atoms with Gasteiger partial charge in [-0.1, -0.05) is 0 Å². The molecule has 4 heteroatoms. The average Bonchev–Trinajstić information content (AvgIpc) is 2.99. The van der Waals surface area contributed by atoms with Gasteiger partial charge in [0.05, 0.1) is 0 Å². The maximum atomic E-state index is 6.06. The second-order valence-electron chi connectivity index (χ2n) is 5.75. The third kappa shape index (κ3) is 2.50. The van der Waals surface area contributed by atoms with Gasteiger partial charge in [-0.05, 0) is 43.2 Å². The van der Waals surface area contributed by atoms with Gasteiger partial charge in [0.25, 0.3) is 0 Å². The first-order chi connectivity index (χ1) is 8.38. The quantitative estimate of drug-likeness (QED) is 0.810. The van der Waals surface area contributed by atoms with E-state index in [1.165, 1.54) is 56.9 Å². The highest BCUT2D eigenvalue weighted by Gasteiger charge is 2.36. The van der Waals surface area contributed by atoms with Gasteiger partial charge < -0.3 is 5.73 Å². The first kappa shape index (κ1) is 12.3. The van der Waals surface area contributed by atoms with Crippen LogP contribution in [0.15, 0.2) is 0 Å². The summed E-state index contributed by atoms with van der Waals surface area (Å²) in [5, 5.41) is 0. The maximum Gasteiger partial charge on any atom is 0.0255 e. The van der Waals surface area contributed by atoms with Crippen molar-refractivity contribution in [2.24, 2.45) is 11.7 Å². The summed E-state index contributed by atoms with van der Waals surface area (Å²) in [6, 6.07) is 1.50. The van der Waals surface area contributed by atoms with Crippen LogP contribution in [0, 0.1) is 5.92 Å². The number of hydrogen-bond acceptors (Lipinski definition) is 4. The maximum absolute atomic E-state index is 6.06. The molecule has 0 aromatic carbocycles. The molecule has 98 valence electrons. The molecule has 0 amide bonds. The molecule has 3 atom stereocenters. The fraction of sp³-hybridized carbons (Fsp3) is 1.00. The number of hydrogen-bond donors (Lipinski definition) is 1. The van der Waals surface area contributed by atoms with Crippen molar-refractivity contribution in [2.45, 2.75) is 31.3 Å². The molecule has 0 radical (unpaired) electrons. The van der Waals surface area contributed by atoms with Gasteiger partial charge in [0.15, 0.2) is 0 Å². The minimum absolute atomic E-state index is 0.660. The van der Waals surface area contributed by atoms with Crippen LogP contribution in [0.4, 0.5) is 0 Å². The van der Waals surface area contributed by atoms with Crippen LogP contribution < -0.4 is 5.73 Å². The molecule has 3 unspecified atom stereocenters. The summed E-state index contributed by atoms with van der Waals surface area (Å²) in [7, 11) is 0. The Morgan fingerprint density at radius 2 is 2.18 bits per heavy atom. The van der Waals surface area contributed by atoms with E-state index in [2.05, 4.69) is 21.6 Å². The molecule has 3 heterocycles. The molecule has 3 rings (SSSR count). The standard InChI is InChI=1S/C13H25N3S/c14-8-13(11-3-7-17-10-11)16-6-5-15-4-1-2-12(15)9-16/h11-13H,1-10,14H2. The Bertz CT molecular complexity index is 255. The van der Waals surface area contributed by atoms with Crippen LogP contribution in [0.1, 0.15) is 19.3 Å². The van der Waals surface area contributed by atoms with Crippen LogP contribution in [0.5, 0.6) is 0 Å². The Morgan fingerprint density at radius 1 is 1.24 bits per heavy atom. The predicted molar refractivity (Wildman–Crippen MR) is 74.4 cm³/mol. The lowest BCUT2D eigenvalue weighted by molar-refractivity contribution is 0.0560. The van der Waals surface area contributed by atoms with Crippen molar-refractivity contribution in [3.05, 3.63) is 0 Å². The summed E-state index contributed by atoms with van der Waals surface area (Å²) in [4.78, 5) is 5.40. The normalized spacial score (nSPS) is 37.2. The molecular weight excluding hydrogens is 230 g/mol. The summed E-state index contributed by atoms with van der Waals surface area (Å²) in [5.74, 6) is 3.55. The molecule has 3 aliphatic heterocycles. The molecule has 0 bridgehead atoms. The monoisotopic (exact) mass is 255 g/mol. The summed E-state index contributed by atoms with van der Waals surface area (Å²) >= 11 is 2.12. The lowest BCUT2D eigenvalue weighted by Gasteiger charge is -2.43. The van der Waals surface area contributed by atoms with Crippen molar-refractivity contribution in [3.63, 3.8) is 0 Å². The third-order valence-electron chi connectivity index (χ3n) is 4.84. The summed E-state index contributed by atoms with van der Waals surface area (Å²) in [5.41, 5.74) is 6.06. The topological polar surface area (TPSA) is 32.5 Å². The van der Waals surface area contributed by atoms with Gasteiger partial charge >= 0.3 is 0 Å². The fourth-order valence-corrected chi connectivity index (χ4v) is 5.14. The van der Waals surface area contributed by atoms with Crippen LogP contribution in [-0.2, 0) is 0 Å². The van der Waals surface area contributed by atoms with Crippen LogP contribution >= 0.6 is 11.8 Å². The zero-order valence-electron chi connectivity index (χ0n) is 10.7. The van der Waals surface area contributed by atoms with E-state index >= 15 is 0 Å². The molecule has 3 nitrogen and oxygen atoms in total. The van der Waals surface area contributed by atoms with E-state index in [1.807, 2.05) is 0 Å². The van der Waals surface area contributed by atoms with E-state index in [1.54, 1.807) is 0 Å². The number of rotatable bonds is 3. The molecule has 0 saturated carbocycles. The highest BCUT2D eigenvalue weighted by Crippen LogP contribution is 2.30. The van der Waals surface area contributed by atoms with E-state index < -0.39 is 0 Å². The Balaban J connectivity index is 1.62. The van der Waals surface area contributed by atoms with Crippen molar-refractivity contribution in [2.75, 3.05) is 44.2 Å². The van der Waals surface area contributed by atoms with Crippen molar-refractivity contribution < 1.29 is 0 Å². The van der Waals surface area contributed by atoms with E-state index in [-0.39, 0.29) is 0 Å². The van der Waals surface area contributed by atoms with Crippen LogP contribution in [0.2, 0.25) is 0 Å². The van der Waals surface area contributed by atoms with Crippen molar-refractivity contribution in [1.29, 1.82) is 0 Å². The van der Waals surface area contributed by atoms with Gasteiger partial charge in [0.1, 0.15) is 0 Å². The highest BCUT2D eigenvalue weighted by molar-refractivity contribution is 7.99. The molecule has 3 fully saturated rings. The van der Waals surface area contributed by atoms with Gasteiger partial charge in [-0.3, -0.25) is 9.80 Å². The van der Waals surface area contributed by atoms with E-state index in [4.69, 9.17) is 5.73 Å². The molecule has 0 aromatic heterocycles. The Kier molecular flexibility index (Phi) is 3.95. The van der Waals surface area contributed by atoms with Gasteiger partial charge in [0, 0.05) is 38.3 Å². The predicted octanol–water partition coefficient (Wildman–Crippen LogP) is 0.847. The van der Waals surface area contributed by atoms with E-state index in [0.29, 0.717) is 6.04 Å². The number of nitrogens with zero attached hydrogens (tertiary/aromatic N) is 2. The van der Waals surface area contributed by atoms with Gasteiger partial charge in [-0.25, -0.2) is 0 Å². The Hall–Kier alpha value is 0.230. The number of fused-ring (bicyclic) bond motifs is 1. The zero-order valence-corrected chi connectivity index (χ0v) is 11.5. The highest BCUT2D eigenvalue weighted by atomic mass is 32.2. The molecular formula is C13H25N3S. The summed E-state index contributed by atoms with van der Waals surface area (Å²) in [6.45, 7) is 6.01. The van der Waals surface area contributed by atoms with E-state index in [0.717, 1.165) is 18.5 Å². The van der Waals surface area contributed by atoms with Gasteiger partial charge in [0.2, 0.25) is 0 Å².